The second-order valence-electron chi connectivity index (χ2n) is 6.43. The first-order valence-electron chi connectivity index (χ1n) is 10.4. The van der Waals surface area contributed by atoms with Crippen LogP contribution < -0.4 is 0 Å². The molecular weight excluding hydrogens is 889 g/mol. The van der Waals surface area contributed by atoms with Gasteiger partial charge in [-0.3, -0.25) is 0 Å². The molecule has 0 aliphatic rings. The molecule has 19 nitrogen and oxygen atoms in total. The number of aliphatic hydroxyl groups is 1. The monoisotopic (exact) mass is 934 g/mol. The van der Waals surface area contributed by atoms with Gasteiger partial charge >= 0.3 is 111 Å². The molecule has 2 radical (unpaired) electrons. The molecule has 0 bridgehead atoms. The first-order valence-corrected chi connectivity index (χ1v) is 16.4. The van der Waals surface area contributed by atoms with Gasteiger partial charge in [0.2, 0.25) is 0 Å². The average Bonchev–Trinajstić information content (AvgIpc) is 2.83. The van der Waals surface area contributed by atoms with Crippen molar-refractivity contribution in [2.45, 2.75) is 63.8 Å². The van der Waals surface area contributed by atoms with Crippen molar-refractivity contribution < 1.29 is 5.11 Å². The Morgan fingerprint density at radius 3 is 0.925 bits per heavy atom. The molecule has 0 amide bonds. The van der Waals surface area contributed by atoms with Gasteiger partial charge in [0.25, 0.3) is 0 Å². The van der Waals surface area contributed by atoms with E-state index in [1.807, 2.05) is 0 Å². The predicted octanol–water partition coefficient (Wildman–Crippen LogP) is 3.90. The van der Waals surface area contributed by atoms with E-state index < -0.39 is 0 Å². The quantitative estimate of drug-likeness (QED) is 0.164. The molecule has 0 aromatic carbocycles. The molecule has 2 unspecified atom stereocenters. The molecule has 0 aromatic heterocycles. The molecule has 0 aliphatic heterocycles. The Labute approximate surface area is 274 Å². The molecule has 0 saturated carbocycles. The van der Waals surface area contributed by atoms with E-state index in [4.69, 9.17) is 60.7 Å². The van der Waals surface area contributed by atoms with Gasteiger partial charge in [-0.25, -0.2) is 0 Å². The zero-order valence-electron chi connectivity index (χ0n) is 24.5. The summed E-state index contributed by atoms with van der Waals surface area (Å²) in [6.07, 6.45) is 13.4. The van der Waals surface area contributed by atoms with Gasteiger partial charge in [0.1, 0.15) is 11.5 Å². The van der Waals surface area contributed by atoms with Gasteiger partial charge in [0.05, 0.1) is 25.0 Å². The second kappa shape index (κ2) is 76.9. The van der Waals surface area contributed by atoms with Gasteiger partial charge < -0.3 is 60.7 Å². The van der Waals surface area contributed by atoms with Crippen molar-refractivity contribution in [3.8, 4) is 0 Å². The Balaban J connectivity index is -0.0000000337. The predicted molar refractivity (Wildman–Crippen MR) is 175 cm³/mol. The second-order valence-corrected chi connectivity index (χ2v) is 14.4. The molecule has 0 saturated heterocycles. The molecule has 246 valence electrons. The molecule has 23 heteroatoms. The normalized spacial score (nSPS) is 9.53. The Morgan fingerprint density at radius 1 is 0.650 bits per heavy atom. The van der Waals surface area contributed by atoms with Crippen LogP contribution in [0.5, 0.6) is 0 Å². The van der Waals surface area contributed by atoms with Crippen molar-refractivity contribution in [1.29, 1.82) is 0 Å². The fourth-order valence-corrected chi connectivity index (χ4v) is 2.63. The summed E-state index contributed by atoms with van der Waals surface area (Å²) in [6, 6.07) is 0. The molecule has 0 rings (SSSR count). The fourth-order valence-electron chi connectivity index (χ4n) is 1.33. The Morgan fingerprint density at radius 2 is 0.825 bits per heavy atom. The van der Waals surface area contributed by atoms with E-state index >= 15 is 0 Å². The third kappa shape index (κ3) is 189. The summed E-state index contributed by atoms with van der Waals surface area (Å²) >= 11 is 0.978. The SMILES string of the molecule is CCCC(C)[C](O)([SbH2])CCC.CC[S+](C)C.CC[S+](C)C.O=N[O-].O=N[O-].O=N[O-].O=N[O-].O=N[O-].O=N[O-].[PbH2]. The number of hydrogen-bond donors (Lipinski definition) is 1. The van der Waals surface area contributed by atoms with Crippen molar-refractivity contribution in [3.63, 3.8) is 0 Å². The van der Waals surface area contributed by atoms with Crippen LogP contribution in [0.4, 0.5) is 0 Å². The van der Waals surface area contributed by atoms with Crippen LogP contribution in [0.2, 0.25) is 0 Å². The van der Waals surface area contributed by atoms with Crippen molar-refractivity contribution in [1.82, 2.24) is 0 Å². The van der Waals surface area contributed by atoms with Gasteiger partial charge in [0, 0.05) is 0 Å². The number of rotatable bonds is 7. The summed E-state index contributed by atoms with van der Waals surface area (Å²) in [5.41, 5.74) is 0. The van der Waals surface area contributed by atoms with E-state index in [2.05, 4.69) is 59.6 Å². The van der Waals surface area contributed by atoms with E-state index in [1.54, 1.807) is 0 Å². The average molecular weight is 935 g/mol. The standard InChI is InChI=1S/C9H19O.2C4H11S.6HNO2.Pb.Sb.4H/c1-4-6-8(3)9(10)7-5-2;2*1-4-5(2)3;6*2-1-3;;;;;;/h8,10H,4-7H2,1-3H3;2*4H2,1-3H3;6*(H,2,3);;;;;;/q;2*+1;;;;;;;;;;;;/p-6. The van der Waals surface area contributed by atoms with E-state index in [-0.39, 0.29) is 30.8 Å². The van der Waals surface area contributed by atoms with Crippen LogP contribution in [0.15, 0.2) is 32.0 Å². The van der Waals surface area contributed by atoms with Crippen LogP contribution >= 0.6 is 0 Å². The summed E-state index contributed by atoms with van der Waals surface area (Å²) in [6.45, 7) is 10.9. The van der Waals surface area contributed by atoms with Crippen LogP contribution in [0, 0.1) is 66.6 Å². The molecule has 40 heavy (non-hydrogen) atoms. The topological polar surface area (TPSA) is 335 Å². The fraction of sp³-hybridized carbons (Fsp3) is 1.00. The molecule has 0 spiro atoms. The Hall–Kier alpha value is -1.20. The van der Waals surface area contributed by atoms with E-state index in [9.17, 15) is 5.11 Å². The van der Waals surface area contributed by atoms with Gasteiger partial charge in [-0.15, -0.1) is 32.0 Å². The van der Waals surface area contributed by atoms with Gasteiger partial charge in [0.15, 0.2) is 0 Å². The zero-order chi connectivity index (χ0) is 33.7. The minimum absolute atomic E-state index is 0. The summed E-state index contributed by atoms with van der Waals surface area (Å²) in [7, 11) is 1.35. The van der Waals surface area contributed by atoms with E-state index in [1.165, 1.54) is 17.9 Å². The van der Waals surface area contributed by atoms with E-state index in [0.29, 0.717) is 27.7 Å². The third-order valence-electron chi connectivity index (χ3n) is 3.38. The zero-order valence-corrected chi connectivity index (χ0v) is 34.9. The maximum atomic E-state index is 9.97. The first kappa shape index (κ1) is 66.8. The maximum absolute atomic E-state index is 9.97. The van der Waals surface area contributed by atoms with Crippen molar-refractivity contribution >= 4 is 72.1 Å². The van der Waals surface area contributed by atoms with Crippen LogP contribution in [-0.4, -0.2) is 95.5 Å². The van der Waals surface area contributed by atoms with Crippen LogP contribution in [0.25, 0.3) is 0 Å². The van der Waals surface area contributed by atoms with Crippen LogP contribution in [-0.2, 0) is 21.8 Å². The van der Waals surface area contributed by atoms with Crippen molar-refractivity contribution in [3.05, 3.63) is 60.7 Å². The van der Waals surface area contributed by atoms with Crippen molar-refractivity contribution in [2.75, 3.05) is 36.5 Å². The molecule has 0 heterocycles. The van der Waals surface area contributed by atoms with E-state index in [0.717, 1.165) is 74.3 Å². The molecule has 0 aliphatic carbocycles. The Kier molecular flexibility index (Phi) is 129. The molecule has 1 N–H and O–H groups in total. The number of nitrogens with zero attached hydrogens (tertiary/aromatic N) is 6. The summed E-state index contributed by atoms with van der Waals surface area (Å²) < 4.78 is -0.310. The summed E-state index contributed by atoms with van der Waals surface area (Å²) in [5, 5.41) is 64.0. The third-order valence-corrected chi connectivity index (χ3v) is 8.14. The van der Waals surface area contributed by atoms with Crippen molar-refractivity contribution in [2.24, 2.45) is 38.0 Å². The summed E-state index contributed by atoms with van der Waals surface area (Å²) in [4.78, 5) is 48.0. The van der Waals surface area contributed by atoms with Crippen LogP contribution in [0.1, 0.15) is 60.3 Å². The molecule has 0 aromatic rings. The molecule has 0 fully saturated rings. The summed E-state index contributed by atoms with van der Waals surface area (Å²) in [5.74, 6) is 3.16. The van der Waals surface area contributed by atoms with Crippen LogP contribution in [0.3, 0.4) is 0 Å². The Bertz CT molecular complexity index is 416. The molecular formula is C17H45N6O13PbS2Sb-4. The van der Waals surface area contributed by atoms with Gasteiger partial charge in [-0.2, -0.15) is 0 Å². The molecule has 2 atom stereocenters. The van der Waals surface area contributed by atoms with Gasteiger partial charge in [-0.1, -0.05) is 0 Å². The minimum atomic E-state index is -0.310. The first-order chi connectivity index (χ1) is 18.1. The van der Waals surface area contributed by atoms with Gasteiger partial charge in [-0.05, 0) is 35.6 Å². The number of hydrogen-bond acceptors (Lipinski definition) is 19.